The largest absolute Gasteiger partial charge is 0.423 e. The van der Waals surface area contributed by atoms with E-state index in [1.165, 1.54) is 11.8 Å². The van der Waals surface area contributed by atoms with E-state index in [1.807, 2.05) is 48.5 Å². The smallest absolute Gasteiger partial charge is 0.336 e. The normalized spacial score (nSPS) is 11.3. The van der Waals surface area contributed by atoms with Crippen LogP contribution in [-0.2, 0) is 5.75 Å². The highest BCUT2D eigenvalue weighted by Gasteiger charge is 2.19. The molecule has 6 rings (SSSR count). The summed E-state index contributed by atoms with van der Waals surface area (Å²) in [6, 6.07) is 25.6. The Labute approximate surface area is 205 Å². The lowest BCUT2D eigenvalue weighted by molar-refractivity contribution is 0.560. The molecule has 3 aromatic carbocycles. The van der Waals surface area contributed by atoms with Crippen LogP contribution >= 0.6 is 11.8 Å². The third-order valence-corrected chi connectivity index (χ3v) is 6.96. The van der Waals surface area contributed by atoms with E-state index in [-0.39, 0.29) is 5.63 Å². The molecule has 0 amide bonds. The molecule has 3 aromatic heterocycles. The lowest BCUT2D eigenvalue weighted by atomic mass is 10.0. The summed E-state index contributed by atoms with van der Waals surface area (Å²) in [5, 5.41) is 12.9. The number of rotatable bonds is 5. The van der Waals surface area contributed by atoms with E-state index in [1.54, 1.807) is 18.5 Å². The summed E-state index contributed by atoms with van der Waals surface area (Å²) in [7, 11) is 0. The molecule has 0 aliphatic carbocycles. The Kier molecular flexibility index (Phi) is 5.39. The minimum Gasteiger partial charge on any atom is -0.423 e. The maximum Gasteiger partial charge on any atom is 0.336 e. The zero-order valence-electron chi connectivity index (χ0n) is 18.9. The molecule has 0 aliphatic rings. The van der Waals surface area contributed by atoms with E-state index in [4.69, 9.17) is 4.42 Å². The number of aryl methyl sites for hydroxylation is 1. The summed E-state index contributed by atoms with van der Waals surface area (Å²) >= 11 is 1.54. The summed E-state index contributed by atoms with van der Waals surface area (Å²) in [5.41, 5.74) is 4.12. The van der Waals surface area contributed by atoms with Crippen molar-refractivity contribution in [1.29, 1.82) is 0 Å². The predicted octanol–water partition coefficient (Wildman–Crippen LogP) is 6.19. The molecule has 170 valence electrons. The van der Waals surface area contributed by atoms with Crippen molar-refractivity contribution in [1.82, 2.24) is 19.7 Å². The van der Waals surface area contributed by atoms with Crippen molar-refractivity contribution in [3.05, 3.63) is 113 Å². The number of pyridine rings is 1. The maximum absolute atomic E-state index is 12.4. The fourth-order valence-corrected chi connectivity index (χ4v) is 5.28. The van der Waals surface area contributed by atoms with Crippen molar-refractivity contribution in [2.24, 2.45) is 0 Å². The van der Waals surface area contributed by atoms with Crippen LogP contribution in [0.5, 0.6) is 0 Å². The van der Waals surface area contributed by atoms with Gasteiger partial charge in [0, 0.05) is 35.2 Å². The lowest BCUT2D eigenvalue weighted by Crippen LogP contribution is -2.03. The Hall–Kier alpha value is -4.23. The number of benzene rings is 3. The van der Waals surface area contributed by atoms with Gasteiger partial charge in [0.05, 0.1) is 5.69 Å². The molecule has 0 N–H and O–H groups in total. The quantitative estimate of drug-likeness (QED) is 0.168. The molecule has 0 saturated carbocycles. The van der Waals surface area contributed by atoms with Crippen LogP contribution in [0.25, 0.3) is 38.8 Å². The van der Waals surface area contributed by atoms with Gasteiger partial charge in [-0.3, -0.25) is 9.55 Å². The lowest BCUT2D eigenvalue weighted by Gasteiger charge is -2.13. The van der Waals surface area contributed by atoms with Crippen molar-refractivity contribution >= 4 is 33.5 Å². The van der Waals surface area contributed by atoms with E-state index in [0.717, 1.165) is 49.5 Å². The van der Waals surface area contributed by atoms with Crippen molar-refractivity contribution in [2.45, 2.75) is 17.8 Å². The molecule has 0 radical (unpaired) electrons. The Balaban J connectivity index is 1.48. The Morgan fingerprint density at radius 3 is 2.66 bits per heavy atom. The van der Waals surface area contributed by atoms with Gasteiger partial charge in [-0.2, -0.15) is 0 Å². The Bertz CT molecular complexity index is 1740. The molecule has 35 heavy (non-hydrogen) atoms. The van der Waals surface area contributed by atoms with Crippen molar-refractivity contribution in [3.8, 4) is 17.1 Å². The van der Waals surface area contributed by atoms with Gasteiger partial charge < -0.3 is 4.42 Å². The predicted molar refractivity (Wildman–Crippen MR) is 139 cm³/mol. The van der Waals surface area contributed by atoms with Gasteiger partial charge in [-0.15, -0.1) is 10.2 Å². The Morgan fingerprint density at radius 1 is 0.943 bits per heavy atom. The van der Waals surface area contributed by atoms with Crippen LogP contribution in [0.2, 0.25) is 0 Å². The summed E-state index contributed by atoms with van der Waals surface area (Å²) in [6.07, 6.45) is 3.53. The first kappa shape index (κ1) is 21.3. The number of thioether (sulfide) groups is 1. The number of fused-ring (bicyclic) bond motifs is 3. The first-order chi connectivity index (χ1) is 17.2. The molecule has 0 bridgehead atoms. The van der Waals surface area contributed by atoms with Gasteiger partial charge in [0.15, 0.2) is 11.0 Å². The number of hydrogen-bond donors (Lipinski definition) is 0. The molecule has 0 aliphatic heterocycles. The van der Waals surface area contributed by atoms with E-state index in [9.17, 15) is 4.79 Å². The van der Waals surface area contributed by atoms with Gasteiger partial charge in [-0.05, 0) is 53.1 Å². The third kappa shape index (κ3) is 3.90. The van der Waals surface area contributed by atoms with Crippen LogP contribution in [0.15, 0.2) is 106 Å². The molecular weight excluding hydrogens is 456 g/mol. The molecule has 0 fully saturated rings. The number of nitrogens with zero attached hydrogens (tertiary/aromatic N) is 4. The van der Waals surface area contributed by atoms with E-state index in [0.29, 0.717) is 11.3 Å². The topological polar surface area (TPSA) is 73.8 Å². The highest BCUT2D eigenvalue weighted by Crippen LogP contribution is 2.34. The van der Waals surface area contributed by atoms with Crippen LogP contribution in [-0.4, -0.2) is 19.7 Å². The van der Waals surface area contributed by atoms with Gasteiger partial charge in [0.1, 0.15) is 5.58 Å². The number of para-hydroxylation sites is 1. The summed E-state index contributed by atoms with van der Waals surface area (Å²) < 4.78 is 7.59. The highest BCUT2D eigenvalue weighted by atomic mass is 32.2. The van der Waals surface area contributed by atoms with Gasteiger partial charge in [0.2, 0.25) is 0 Å². The number of hydrogen-bond acceptors (Lipinski definition) is 6. The van der Waals surface area contributed by atoms with Gasteiger partial charge >= 0.3 is 5.63 Å². The minimum atomic E-state index is -0.361. The highest BCUT2D eigenvalue weighted by molar-refractivity contribution is 7.98. The molecule has 6 aromatic rings. The Morgan fingerprint density at radius 2 is 1.80 bits per heavy atom. The maximum atomic E-state index is 12.4. The molecule has 0 spiro atoms. The fourth-order valence-electron chi connectivity index (χ4n) is 4.35. The van der Waals surface area contributed by atoms with Crippen LogP contribution in [0.1, 0.15) is 11.1 Å². The van der Waals surface area contributed by atoms with E-state index < -0.39 is 0 Å². The van der Waals surface area contributed by atoms with E-state index in [2.05, 4.69) is 50.9 Å². The summed E-state index contributed by atoms with van der Waals surface area (Å²) in [5.74, 6) is 1.26. The van der Waals surface area contributed by atoms with Gasteiger partial charge in [0.25, 0.3) is 0 Å². The van der Waals surface area contributed by atoms with Gasteiger partial charge in [-0.25, -0.2) is 4.79 Å². The first-order valence-corrected chi connectivity index (χ1v) is 12.2. The summed E-state index contributed by atoms with van der Waals surface area (Å²) in [6.45, 7) is 2.07. The molecule has 0 atom stereocenters. The third-order valence-electron chi connectivity index (χ3n) is 5.98. The minimum absolute atomic E-state index is 0.361. The van der Waals surface area contributed by atoms with Crippen molar-refractivity contribution < 1.29 is 4.42 Å². The zero-order valence-corrected chi connectivity index (χ0v) is 19.7. The molecule has 3 heterocycles. The summed E-state index contributed by atoms with van der Waals surface area (Å²) in [4.78, 5) is 16.6. The van der Waals surface area contributed by atoms with Crippen molar-refractivity contribution in [3.63, 3.8) is 0 Å². The molecule has 6 nitrogen and oxygen atoms in total. The molecule has 0 saturated heterocycles. The van der Waals surface area contributed by atoms with Crippen molar-refractivity contribution in [2.75, 3.05) is 0 Å². The van der Waals surface area contributed by atoms with Crippen LogP contribution in [0, 0.1) is 6.92 Å². The number of aromatic nitrogens is 4. The molecule has 7 heteroatoms. The first-order valence-electron chi connectivity index (χ1n) is 11.2. The zero-order chi connectivity index (χ0) is 23.8. The molecular formula is C28H20N4O2S. The second kappa shape index (κ2) is 8.85. The van der Waals surface area contributed by atoms with Crippen LogP contribution < -0.4 is 5.63 Å². The van der Waals surface area contributed by atoms with Crippen LogP contribution in [0.4, 0.5) is 0 Å². The fraction of sp³-hybridized carbons (Fsp3) is 0.0714. The second-order valence-corrected chi connectivity index (χ2v) is 9.15. The standard InChI is InChI=1S/C28H20N4O2S/c1-18-7-2-5-11-23(18)32-27(20-9-6-14-29-16-20)30-31-28(32)35-17-21-15-25(33)34-24-13-12-19-8-3-4-10-22(19)26(21)24/h2-16H,17H2,1H3. The SMILES string of the molecule is Cc1ccccc1-n1c(SCc2cc(=O)oc3ccc4ccccc4c23)nnc1-c1cccnc1. The second-order valence-electron chi connectivity index (χ2n) is 8.21. The average Bonchev–Trinajstić information content (AvgIpc) is 3.31. The van der Waals surface area contributed by atoms with E-state index >= 15 is 0 Å². The molecule has 0 unspecified atom stereocenters. The van der Waals surface area contributed by atoms with Crippen LogP contribution in [0.3, 0.4) is 0 Å². The average molecular weight is 477 g/mol. The monoisotopic (exact) mass is 476 g/mol. The van der Waals surface area contributed by atoms with Gasteiger partial charge in [-0.1, -0.05) is 60.3 Å².